The molecule has 0 aromatic heterocycles. The van der Waals surface area contributed by atoms with Crippen LogP contribution in [0.25, 0.3) is 0 Å². The molecule has 7 nitrogen and oxygen atoms in total. The van der Waals surface area contributed by atoms with Crippen molar-refractivity contribution in [3.05, 3.63) is 35.4 Å². The third kappa shape index (κ3) is 7.74. The highest BCUT2D eigenvalue weighted by atomic mass is 19.1. The third-order valence-corrected chi connectivity index (χ3v) is 5.91. The van der Waals surface area contributed by atoms with E-state index in [1.807, 2.05) is 19.0 Å². The molecule has 0 saturated carbocycles. The quantitative estimate of drug-likeness (QED) is 0.580. The predicted molar refractivity (Wildman–Crippen MR) is 116 cm³/mol. The minimum absolute atomic E-state index is 0.0264. The molecule has 0 spiro atoms. The molecule has 2 N–H and O–H groups in total. The molecule has 0 radical (unpaired) electrons. The minimum atomic E-state index is -0.694. The van der Waals surface area contributed by atoms with E-state index in [4.69, 9.17) is 9.47 Å². The summed E-state index contributed by atoms with van der Waals surface area (Å²) in [6.07, 6.45) is 1.45. The highest BCUT2D eigenvalue weighted by molar-refractivity contribution is 5.76. The maximum atomic E-state index is 13.7. The van der Waals surface area contributed by atoms with Gasteiger partial charge in [-0.3, -0.25) is 9.69 Å². The van der Waals surface area contributed by atoms with Crippen molar-refractivity contribution < 1.29 is 28.2 Å². The first-order valence-corrected chi connectivity index (χ1v) is 11.3. The summed E-state index contributed by atoms with van der Waals surface area (Å²) in [5, 5.41) is 13.2. The Morgan fingerprint density at radius 3 is 2.69 bits per heavy atom. The van der Waals surface area contributed by atoms with Gasteiger partial charge in [0, 0.05) is 31.7 Å². The fourth-order valence-corrected chi connectivity index (χ4v) is 4.47. The zero-order valence-electron chi connectivity index (χ0n) is 18.9. The number of rotatable bonds is 8. The summed E-state index contributed by atoms with van der Waals surface area (Å²) in [6.45, 7) is 2.63. The summed E-state index contributed by atoms with van der Waals surface area (Å²) < 4.78 is 39.2. The first kappa shape index (κ1) is 25.0. The first-order valence-electron chi connectivity index (χ1n) is 11.3. The molecule has 2 aliphatic heterocycles. The number of halogens is 2. The number of carbonyl (C=O) groups is 1. The van der Waals surface area contributed by atoms with Gasteiger partial charge in [-0.25, -0.2) is 8.78 Å². The van der Waals surface area contributed by atoms with Gasteiger partial charge in [0.15, 0.2) is 0 Å². The molecule has 32 heavy (non-hydrogen) atoms. The number of aliphatic hydroxyl groups is 1. The van der Waals surface area contributed by atoms with Crippen LogP contribution in [0.1, 0.15) is 31.2 Å². The van der Waals surface area contributed by atoms with Crippen LogP contribution < -0.4 is 5.32 Å². The molecule has 2 heterocycles. The van der Waals surface area contributed by atoms with E-state index in [9.17, 15) is 18.7 Å². The second-order valence-electron chi connectivity index (χ2n) is 9.05. The molecular weight excluding hydrogens is 420 g/mol. The van der Waals surface area contributed by atoms with Crippen LogP contribution in [0.2, 0.25) is 0 Å². The molecule has 4 atom stereocenters. The molecule has 9 heteroatoms. The Hall–Kier alpha value is -1.65. The highest BCUT2D eigenvalue weighted by Gasteiger charge is 2.38. The van der Waals surface area contributed by atoms with Crippen LogP contribution in [0.15, 0.2) is 18.2 Å². The third-order valence-electron chi connectivity index (χ3n) is 5.91. The van der Waals surface area contributed by atoms with Crippen LogP contribution in [-0.2, 0) is 20.8 Å². The first-order chi connectivity index (χ1) is 15.3. The van der Waals surface area contributed by atoms with Crippen LogP contribution in [0, 0.1) is 11.6 Å². The lowest BCUT2D eigenvalue weighted by atomic mass is 9.94. The number of carbonyl (C=O) groups excluding carboxylic acids is 1. The van der Waals surface area contributed by atoms with Gasteiger partial charge in [-0.1, -0.05) is 0 Å². The lowest BCUT2D eigenvalue weighted by molar-refractivity contribution is -0.158. The van der Waals surface area contributed by atoms with E-state index in [-0.39, 0.29) is 30.8 Å². The average molecular weight is 456 g/mol. The monoisotopic (exact) mass is 455 g/mol. The van der Waals surface area contributed by atoms with Crippen LogP contribution in [0.4, 0.5) is 8.78 Å². The van der Waals surface area contributed by atoms with Gasteiger partial charge in [0.25, 0.3) is 0 Å². The highest BCUT2D eigenvalue weighted by Crippen LogP contribution is 2.29. The summed E-state index contributed by atoms with van der Waals surface area (Å²) in [6, 6.07) is 3.40. The van der Waals surface area contributed by atoms with Gasteiger partial charge >= 0.3 is 0 Å². The molecule has 1 amide bonds. The number of β-amino-alcohol motifs (C(OH)–C–C–N with tert-alkyl or cyclic N) is 1. The maximum absolute atomic E-state index is 13.7. The number of amides is 1. The van der Waals surface area contributed by atoms with Crippen molar-refractivity contribution in [2.75, 3.05) is 46.9 Å². The largest absolute Gasteiger partial charge is 0.389 e. The minimum Gasteiger partial charge on any atom is -0.389 e. The lowest BCUT2D eigenvalue weighted by Gasteiger charge is -2.44. The number of nitrogens with one attached hydrogen (secondary N) is 1. The molecule has 2 fully saturated rings. The van der Waals surface area contributed by atoms with E-state index >= 15 is 0 Å². The summed E-state index contributed by atoms with van der Waals surface area (Å²) in [5.74, 6) is -1.27. The number of hydrogen-bond acceptors (Lipinski definition) is 6. The number of nitrogens with zero attached hydrogens (tertiary/aromatic N) is 2. The molecule has 2 aliphatic rings. The second-order valence-corrected chi connectivity index (χ2v) is 9.05. The normalized spacial score (nSPS) is 26.9. The number of aliphatic hydroxyl groups excluding tert-OH is 1. The number of fused-ring (bicyclic) bond motifs is 1. The standard InChI is InChI=1S/C23H35F2N3O4/c1-27(2)7-3-6-26-23(30)11-20-4-5-21-22(32-20)15-31-14-19(29)13-28(21)12-16-8-17(24)10-18(25)9-16/h8-10,19-22,29H,3-7,11-15H2,1-2H3,(H,26,30)/t19-,20-,21-,22+/m1/s1. The van der Waals surface area contributed by atoms with E-state index in [1.54, 1.807) is 0 Å². The SMILES string of the molecule is CN(C)CCCNC(=O)C[C@H]1CC[C@@H]2[C@H](COC[C@H](O)CN2Cc2cc(F)cc(F)c2)O1. The Balaban J connectivity index is 1.58. The molecule has 180 valence electrons. The predicted octanol–water partition coefficient (Wildman–Crippen LogP) is 1.53. The van der Waals surface area contributed by atoms with Gasteiger partial charge in [0.05, 0.1) is 37.9 Å². The summed E-state index contributed by atoms with van der Waals surface area (Å²) in [4.78, 5) is 16.4. The fourth-order valence-electron chi connectivity index (χ4n) is 4.47. The second kappa shape index (κ2) is 12.0. The van der Waals surface area contributed by atoms with E-state index in [2.05, 4.69) is 10.2 Å². The van der Waals surface area contributed by atoms with Crippen molar-refractivity contribution in [3.8, 4) is 0 Å². The Labute approximate surface area is 188 Å². The van der Waals surface area contributed by atoms with Gasteiger partial charge in [0.1, 0.15) is 11.6 Å². The molecule has 0 bridgehead atoms. The van der Waals surface area contributed by atoms with E-state index in [0.717, 1.165) is 25.5 Å². The molecule has 0 aliphatic carbocycles. The average Bonchev–Trinajstić information content (AvgIpc) is 2.69. The molecule has 2 saturated heterocycles. The van der Waals surface area contributed by atoms with Crippen LogP contribution in [-0.4, -0.2) is 92.1 Å². The Morgan fingerprint density at radius 2 is 1.97 bits per heavy atom. The van der Waals surface area contributed by atoms with Crippen LogP contribution >= 0.6 is 0 Å². The van der Waals surface area contributed by atoms with Crippen molar-refractivity contribution in [2.45, 2.75) is 56.6 Å². The maximum Gasteiger partial charge on any atom is 0.222 e. The summed E-state index contributed by atoms with van der Waals surface area (Å²) in [7, 11) is 4.00. The molecular formula is C23H35F2N3O4. The molecule has 3 rings (SSSR count). The zero-order valence-corrected chi connectivity index (χ0v) is 18.9. The van der Waals surface area contributed by atoms with E-state index < -0.39 is 17.7 Å². The van der Waals surface area contributed by atoms with Crippen molar-refractivity contribution in [2.24, 2.45) is 0 Å². The van der Waals surface area contributed by atoms with E-state index in [0.29, 0.717) is 44.6 Å². The fraction of sp³-hybridized carbons (Fsp3) is 0.696. The number of hydrogen-bond donors (Lipinski definition) is 2. The lowest BCUT2D eigenvalue weighted by Crippen LogP contribution is -2.55. The Kier molecular flexibility index (Phi) is 9.36. The van der Waals surface area contributed by atoms with Crippen molar-refractivity contribution in [1.29, 1.82) is 0 Å². The topological polar surface area (TPSA) is 74.3 Å². The van der Waals surface area contributed by atoms with Crippen LogP contribution in [0.5, 0.6) is 0 Å². The number of benzene rings is 1. The van der Waals surface area contributed by atoms with Gasteiger partial charge in [0.2, 0.25) is 5.91 Å². The molecule has 1 aromatic rings. The van der Waals surface area contributed by atoms with Crippen molar-refractivity contribution in [3.63, 3.8) is 0 Å². The zero-order chi connectivity index (χ0) is 23.1. The van der Waals surface area contributed by atoms with Gasteiger partial charge in [-0.15, -0.1) is 0 Å². The summed E-state index contributed by atoms with van der Waals surface area (Å²) in [5.41, 5.74) is 0.508. The van der Waals surface area contributed by atoms with Crippen LogP contribution in [0.3, 0.4) is 0 Å². The summed E-state index contributed by atoms with van der Waals surface area (Å²) >= 11 is 0. The van der Waals surface area contributed by atoms with E-state index in [1.165, 1.54) is 12.1 Å². The van der Waals surface area contributed by atoms with Crippen molar-refractivity contribution in [1.82, 2.24) is 15.1 Å². The Morgan fingerprint density at radius 1 is 1.22 bits per heavy atom. The van der Waals surface area contributed by atoms with Gasteiger partial charge in [-0.2, -0.15) is 0 Å². The Bertz CT molecular complexity index is 732. The van der Waals surface area contributed by atoms with Gasteiger partial charge in [-0.05, 0) is 57.6 Å². The van der Waals surface area contributed by atoms with Crippen molar-refractivity contribution >= 4 is 5.91 Å². The molecule has 1 aromatic carbocycles. The smallest absolute Gasteiger partial charge is 0.222 e. The molecule has 0 unspecified atom stereocenters. The number of ether oxygens (including phenoxy) is 2. The van der Waals surface area contributed by atoms with Gasteiger partial charge < -0.3 is 24.8 Å².